The summed E-state index contributed by atoms with van der Waals surface area (Å²) in [5.74, 6) is 1.13. The molecule has 1 aromatic heterocycles. The molecule has 4 heteroatoms. The van der Waals surface area contributed by atoms with Crippen LogP contribution in [-0.2, 0) is 4.79 Å². The Morgan fingerprint density at radius 2 is 2.27 bits per heavy atom. The summed E-state index contributed by atoms with van der Waals surface area (Å²) in [6.45, 7) is 5.84. The Morgan fingerprint density at radius 3 is 2.67 bits per heavy atom. The predicted octanol–water partition coefficient (Wildman–Crippen LogP) is 2.13. The first-order valence-electron chi connectivity index (χ1n) is 5.35. The number of nitrogens with zero attached hydrogens (tertiary/aromatic N) is 2. The molecule has 1 fully saturated rings. The molecular weight excluding hydrogens is 192 g/mol. The van der Waals surface area contributed by atoms with Gasteiger partial charge in [0.15, 0.2) is 5.76 Å². The molecule has 0 unspecified atom stereocenters. The minimum atomic E-state index is 0.149. The number of hydrogen-bond donors (Lipinski definition) is 0. The molecule has 0 spiro atoms. The van der Waals surface area contributed by atoms with Crippen molar-refractivity contribution in [1.82, 2.24) is 5.16 Å². The number of carbonyl (C=O) groups excluding carboxylic acids is 1. The summed E-state index contributed by atoms with van der Waals surface area (Å²) in [6.07, 6.45) is 3.66. The van der Waals surface area contributed by atoms with Crippen LogP contribution in [0.25, 0.3) is 0 Å². The topological polar surface area (TPSA) is 46.3 Å². The molecule has 1 saturated carbocycles. The van der Waals surface area contributed by atoms with Crippen LogP contribution in [0, 0.1) is 12.8 Å². The molecule has 0 aromatic carbocycles. The van der Waals surface area contributed by atoms with Crippen molar-refractivity contribution in [3.63, 3.8) is 0 Å². The minimum absolute atomic E-state index is 0.149. The molecule has 1 aliphatic carbocycles. The second-order valence-corrected chi connectivity index (χ2v) is 4.34. The van der Waals surface area contributed by atoms with Crippen LogP contribution in [0.1, 0.15) is 32.4 Å². The van der Waals surface area contributed by atoms with Crippen molar-refractivity contribution in [3.05, 3.63) is 12.0 Å². The van der Waals surface area contributed by atoms with Gasteiger partial charge < -0.3 is 9.42 Å². The van der Waals surface area contributed by atoms with Gasteiger partial charge in [0.1, 0.15) is 5.69 Å². The molecule has 15 heavy (non-hydrogen) atoms. The Morgan fingerprint density at radius 1 is 1.60 bits per heavy atom. The minimum Gasteiger partial charge on any atom is -0.359 e. The SMILES string of the molecule is Cc1oncc1N(C(=O)C1CC1)C(C)C. The Labute approximate surface area is 89.2 Å². The normalized spacial score (nSPS) is 15.7. The van der Waals surface area contributed by atoms with Crippen molar-refractivity contribution in [2.45, 2.75) is 39.7 Å². The number of amides is 1. The molecule has 0 saturated heterocycles. The van der Waals surface area contributed by atoms with E-state index in [1.807, 2.05) is 20.8 Å². The van der Waals surface area contributed by atoms with Crippen LogP contribution in [0.5, 0.6) is 0 Å². The first kappa shape index (κ1) is 10.2. The number of anilines is 1. The van der Waals surface area contributed by atoms with Crippen LogP contribution in [0.2, 0.25) is 0 Å². The second kappa shape index (κ2) is 3.68. The molecule has 0 aliphatic heterocycles. The Hall–Kier alpha value is -1.32. The predicted molar refractivity (Wildman–Crippen MR) is 56.6 cm³/mol. The quantitative estimate of drug-likeness (QED) is 0.764. The third-order valence-electron chi connectivity index (χ3n) is 2.67. The van der Waals surface area contributed by atoms with Gasteiger partial charge in [0.05, 0.1) is 6.20 Å². The molecule has 1 aromatic rings. The van der Waals surface area contributed by atoms with Crippen molar-refractivity contribution in [1.29, 1.82) is 0 Å². The summed E-state index contributed by atoms with van der Waals surface area (Å²) in [5, 5.41) is 3.72. The van der Waals surface area contributed by atoms with Crippen molar-refractivity contribution in [2.75, 3.05) is 4.90 Å². The van der Waals surface area contributed by atoms with E-state index in [9.17, 15) is 4.79 Å². The Kier molecular flexibility index (Phi) is 2.50. The average molecular weight is 208 g/mol. The standard InChI is InChI=1S/C11H16N2O2/c1-7(2)13(11(14)9-4-5-9)10-6-12-15-8(10)3/h6-7,9H,4-5H2,1-3H3. The van der Waals surface area contributed by atoms with Gasteiger partial charge in [0.25, 0.3) is 0 Å². The molecule has 2 rings (SSSR count). The maximum absolute atomic E-state index is 12.1. The number of aromatic nitrogens is 1. The van der Waals surface area contributed by atoms with E-state index in [0.29, 0.717) is 5.76 Å². The van der Waals surface area contributed by atoms with Crippen LogP contribution >= 0.6 is 0 Å². The first-order chi connectivity index (χ1) is 7.11. The Balaban J connectivity index is 2.27. The zero-order chi connectivity index (χ0) is 11.0. The molecule has 0 atom stereocenters. The highest BCUT2D eigenvalue weighted by Crippen LogP contribution is 2.34. The average Bonchev–Trinajstić information content (AvgIpc) is 2.93. The molecule has 0 bridgehead atoms. The highest BCUT2D eigenvalue weighted by molar-refractivity contribution is 5.97. The zero-order valence-corrected chi connectivity index (χ0v) is 9.36. The van der Waals surface area contributed by atoms with Crippen molar-refractivity contribution >= 4 is 11.6 Å². The summed E-state index contributed by atoms with van der Waals surface area (Å²) >= 11 is 0. The Bertz CT molecular complexity index is 366. The molecule has 4 nitrogen and oxygen atoms in total. The fourth-order valence-electron chi connectivity index (χ4n) is 1.70. The van der Waals surface area contributed by atoms with Crippen molar-refractivity contribution in [2.24, 2.45) is 5.92 Å². The van der Waals surface area contributed by atoms with Gasteiger partial charge in [-0.15, -0.1) is 0 Å². The highest BCUT2D eigenvalue weighted by Gasteiger charge is 2.36. The maximum Gasteiger partial charge on any atom is 0.230 e. The van der Waals surface area contributed by atoms with Gasteiger partial charge in [-0.2, -0.15) is 0 Å². The largest absolute Gasteiger partial charge is 0.359 e. The highest BCUT2D eigenvalue weighted by atomic mass is 16.5. The summed E-state index contributed by atoms with van der Waals surface area (Å²) < 4.78 is 5.00. The van der Waals surface area contributed by atoms with E-state index in [1.165, 1.54) is 0 Å². The third-order valence-corrected chi connectivity index (χ3v) is 2.67. The number of aryl methyl sites for hydroxylation is 1. The van der Waals surface area contributed by atoms with Gasteiger partial charge in [-0.25, -0.2) is 0 Å². The fourth-order valence-corrected chi connectivity index (χ4v) is 1.70. The second-order valence-electron chi connectivity index (χ2n) is 4.34. The molecular formula is C11H16N2O2. The van der Waals surface area contributed by atoms with E-state index in [-0.39, 0.29) is 17.9 Å². The van der Waals surface area contributed by atoms with Gasteiger partial charge in [-0.1, -0.05) is 5.16 Å². The van der Waals surface area contributed by atoms with E-state index in [2.05, 4.69) is 5.16 Å². The van der Waals surface area contributed by atoms with E-state index in [4.69, 9.17) is 4.52 Å². The lowest BCUT2D eigenvalue weighted by Crippen LogP contribution is -2.38. The summed E-state index contributed by atoms with van der Waals surface area (Å²) in [4.78, 5) is 13.8. The summed E-state index contributed by atoms with van der Waals surface area (Å²) in [5.41, 5.74) is 0.807. The summed E-state index contributed by atoms with van der Waals surface area (Å²) in [7, 11) is 0. The lowest BCUT2D eigenvalue weighted by Gasteiger charge is -2.25. The monoisotopic (exact) mass is 208 g/mol. The molecule has 82 valence electrons. The smallest absolute Gasteiger partial charge is 0.230 e. The number of rotatable bonds is 3. The van der Waals surface area contributed by atoms with Crippen LogP contribution < -0.4 is 4.90 Å². The lowest BCUT2D eigenvalue weighted by atomic mass is 10.2. The summed E-state index contributed by atoms with van der Waals surface area (Å²) in [6, 6.07) is 0.149. The van der Waals surface area contributed by atoms with Crippen molar-refractivity contribution in [3.8, 4) is 0 Å². The van der Waals surface area contributed by atoms with Gasteiger partial charge in [-0.3, -0.25) is 4.79 Å². The molecule has 1 aliphatic rings. The zero-order valence-electron chi connectivity index (χ0n) is 9.36. The van der Waals surface area contributed by atoms with Gasteiger partial charge in [-0.05, 0) is 33.6 Å². The van der Waals surface area contributed by atoms with E-state index >= 15 is 0 Å². The van der Waals surface area contributed by atoms with Crippen molar-refractivity contribution < 1.29 is 9.32 Å². The number of hydrogen-bond acceptors (Lipinski definition) is 3. The number of carbonyl (C=O) groups is 1. The van der Waals surface area contributed by atoms with E-state index < -0.39 is 0 Å². The van der Waals surface area contributed by atoms with Gasteiger partial charge in [0, 0.05) is 12.0 Å². The van der Waals surface area contributed by atoms with Crippen LogP contribution in [-0.4, -0.2) is 17.1 Å². The first-order valence-corrected chi connectivity index (χ1v) is 5.35. The fraction of sp³-hybridized carbons (Fsp3) is 0.636. The van der Waals surface area contributed by atoms with Gasteiger partial charge >= 0.3 is 0 Å². The van der Waals surface area contributed by atoms with E-state index in [1.54, 1.807) is 11.1 Å². The lowest BCUT2D eigenvalue weighted by molar-refractivity contribution is -0.120. The molecule has 0 N–H and O–H groups in total. The van der Waals surface area contributed by atoms with E-state index in [0.717, 1.165) is 18.5 Å². The molecule has 1 heterocycles. The molecule has 1 amide bonds. The van der Waals surface area contributed by atoms with Crippen LogP contribution in [0.4, 0.5) is 5.69 Å². The maximum atomic E-state index is 12.1. The third kappa shape index (κ3) is 1.89. The van der Waals surface area contributed by atoms with Gasteiger partial charge in [0.2, 0.25) is 5.91 Å². The van der Waals surface area contributed by atoms with Crippen LogP contribution in [0.15, 0.2) is 10.7 Å². The van der Waals surface area contributed by atoms with Crippen LogP contribution in [0.3, 0.4) is 0 Å². The molecule has 0 radical (unpaired) electrons.